The molecule has 0 aliphatic heterocycles. The number of rotatable bonds is 10. The molecule has 0 radical (unpaired) electrons. The third-order valence-electron chi connectivity index (χ3n) is 6.14. The summed E-state index contributed by atoms with van der Waals surface area (Å²) in [5.74, 6) is -1.13. The van der Waals surface area contributed by atoms with Gasteiger partial charge in [-0.3, -0.25) is 9.59 Å². The van der Waals surface area contributed by atoms with E-state index in [4.69, 9.17) is 11.6 Å². The van der Waals surface area contributed by atoms with E-state index in [-0.39, 0.29) is 41.4 Å². The summed E-state index contributed by atoms with van der Waals surface area (Å²) in [4.78, 5) is 28.7. The van der Waals surface area contributed by atoms with Crippen molar-refractivity contribution in [3.63, 3.8) is 0 Å². The Labute approximate surface area is 212 Å². The van der Waals surface area contributed by atoms with Crippen LogP contribution in [0.15, 0.2) is 72.8 Å². The molecule has 2 amide bonds. The maximum absolute atomic E-state index is 14.5. The number of carbonyl (C=O) groups is 2. The van der Waals surface area contributed by atoms with Gasteiger partial charge in [-0.1, -0.05) is 84.8 Å². The molecule has 35 heavy (non-hydrogen) atoms. The maximum Gasteiger partial charge on any atom is 0.243 e. The summed E-state index contributed by atoms with van der Waals surface area (Å²) < 4.78 is 14.5. The molecule has 4 nitrogen and oxygen atoms in total. The lowest BCUT2D eigenvalue weighted by Crippen LogP contribution is -2.52. The molecule has 0 saturated heterocycles. The number of nitrogens with one attached hydrogen (secondary N) is 1. The molecule has 3 aromatic rings. The van der Waals surface area contributed by atoms with E-state index in [9.17, 15) is 14.0 Å². The Morgan fingerprint density at radius 2 is 1.66 bits per heavy atom. The standard InChI is InChI=1S/C29H32ClFN2O2/c1-4-21(3)32-29(35)27(17-22-9-6-5-7-10-22)33(19-23-15-13-20(2)14-16-23)28(34)18-24-25(30)11-8-12-26(24)31/h5-16,21,27H,4,17-19H2,1-3H3,(H,32,35)/t21-,27+/m1/s1. The van der Waals surface area contributed by atoms with Crippen molar-refractivity contribution < 1.29 is 14.0 Å². The summed E-state index contributed by atoms with van der Waals surface area (Å²) in [6.07, 6.45) is 0.867. The van der Waals surface area contributed by atoms with E-state index >= 15 is 0 Å². The predicted molar refractivity (Wildman–Crippen MR) is 139 cm³/mol. The molecular formula is C29H32ClFN2O2. The molecule has 0 spiro atoms. The number of benzene rings is 3. The fraction of sp³-hybridized carbons (Fsp3) is 0.310. The van der Waals surface area contributed by atoms with Gasteiger partial charge in [0.15, 0.2) is 0 Å². The topological polar surface area (TPSA) is 49.4 Å². The van der Waals surface area contributed by atoms with Gasteiger partial charge in [-0.05, 0) is 43.5 Å². The van der Waals surface area contributed by atoms with E-state index < -0.39 is 11.9 Å². The molecule has 0 heterocycles. The average Bonchev–Trinajstić information content (AvgIpc) is 2.85. The van der Waals surface area contributed by atoms with Crippen LogP contribution in [0.4, 0.5) is 4.39 Å². The highest BCUT2D eigenvalue weighted by Crippen LogP contribution is 2.22. The van der Waals surface area contributed by atoms with Gasteiger partial charge >= 0.3 is 0 Å². The first-order valence-electron chi connectivity index (χ1n) is 11.9. The van der Waals surface area contributed by atoms with Crippen molar-refractivity contribution in [1.82, 2.24) is 10.2 Å². The van der Waals surface area contributed by atoms with Crippen LogP contribution in [0.5, 0.6) is 0 Å². The van der Waals surface area contributed by atoms with E-state index in [2.05, 4.69) is 5.32 Å². The van der Waals surface area contributed by atoms with Crippen molar-refractivity contribution in [3.05, 3.63) is 106 Å². The van der Waals surface area contributed by atoms with Crippen molar-refractivity contribution in [2.75, 3.05) is 0 Å². The van der Waals surface area contributed by atoms with E-state index in [0.29, 0.717) is 6.42 Å². The third kappa shape index (κ3) is 7.40. The first-order valence-corrected chi connectivity index (χ1v) is 12.3. The molecule has 184 valence electrons. The molecule has 1 N–H and O–H groups in total. The fourth-order valence-corrected chi connectivity index (χ4v) is 4.07. The van der Waals surface area contributed by atoms with Gasteiger partial charge in [0.25, 0.3) is 0 Å². The van der Waals surface area contributed by atoms with Crippen LogP contribution in [-0.4, -0.2) is 28.8 Å². The van der Waals surface area contributed by atoms with Crippen molar-refractivity contribution in [3.8, 4) is 0 Å². The molecule has 2 atom stereocenters. The molecule has 3 rings (SSSR count). The van der Waals surface area contributed by atoms with E-state index in [0.717, 1.165) is 23.1 Å². The van der Waals surface area contributed by atoms with Crippen LogP contribution in [0.3, 0.4) is 0 Å². The minimum absolute atomic E-state index is 0.0434. The van der Waals surface area contributed by atoms with E-state index in [1.54, 1.807) is 11.0 Å². The highest BCUT2D eigenvalue weighted by atomic mass is 35.5. The fourth-order valence-electron chi connectivity index (χ4n) is 3.84. The largest absolute Gasteiger partial charge is 0.352 e. The van der Waals surface area contributed by atoms with Crippen LogP contribution >= 0.6 is 11.6 Å². The van der Waals surface area contributed by atoms with Crippen molar-refractivity contribution in [1.29, 1.82) is 0 Å². The Balaban J connectivity index is 2.00. The smallest absolute Gasteiger partial charge is 0.243 e. The minimum Gasteiger partial charge on any atom is -0.352 e. The van der Waals surface area contributed by atoms with Crippen LogP contribution in [0.25, 0.3) is 0 Å². The summed E-state index contributed by atoms with van der Waals surface area (Å²) in [5, 5.41) is 3.23. The van der Waals surface area contributed by atoms with Gasteiger partial charge in [-0.2, -0.15) is 0 Å². The highest BCUT2D eigenvalue weighted by Gasteiger charge is 2.31. The second-order valence-electron chi connectivity index (χ2n) is 8.91. The quantitative estimate of drug-likeness (QED) is 0.382. The van der Waals surface area contributed by atoms with Crippen LogP contribution in [-0.2, 0) is 29.0 Å². The van der Waals surface area contributed by atoms with Gasteiger partial charge in [0.1, 0.15) is 11.9 Å². The van der Waals surface area contributed by atoms with Gasteiger partial charge in [0.05, 0.1) is 6.42 Å². The number of carbonyl (C=O) groups excluding carboxylic acids is 2. The lowest BCUT2D eigenvalue weighted by Gasteiger charge is -2.32. The Morgan fingerprint density at radius 3 is 2.29 bits per heavy atom. The number of nitrogens with zero attached hydrogens (tertiary/aromatic N) is 1. The monoisotopic (exact) mass is 494 g/mol. The molecule has 0 bridgehead atoms. The van der Waals surface area contributed by atoms with Gasteiger partial charge in [0, 0.05) is 29.6 Å². The van der Waals surface area contributed by atoms with Crippen LogP contribution < -0.4 is 5.32 Å². The second-order valence-corrected chi connectivity index (χ2v) is 9.31. The first kappa shape index (κ1) is 26.4. The molecule has 0 aliphatic carbocycles. The van der Waals surface area contributed by atoms with Gasteiger partial charge in [-0.15, -0.1) is 0 Å². The van der Waals surface area contributed by atoms with Crippen LogP contribution in [0, 0.1) is 12.7 Å². The first-order chi connectivity index (χ1) is 16.8. The van der Waals surface area contributed by atoms with Gasteiger partial charge in [0.2, 0.25) is 11.8 Å². The van der Waals surface area contributed by atoms with E-state index in [1.165, 1.54) is 12.1 Å². The summed E-state index contributed by atoms with van der Waals surface area (Å²) in [6, 6.07) is 21.0. The third-order valence-corrected chi connectivity index (χ3v) is 6.49. The van der Waals surface area contributed by atoms with Crippen LogP contribution in [0.1, 0.15) is 42.5 Å². The highest BCUT2D eigenvalue weighted by molar-refractivity contribution is 6.31. The lowest BCUT2D eigenvalue weighted by atomic mass is 10.0. The summed E-state index contributed by atoms with van der Waals surface area (Å²) in [5.41, 5.74) is 3.05. The molecular weight excluding hydrogens is 463 g/mol. The SMILES string of the molecule is CC[C@@H](C)NC(=O)[C@H](Cc1ccccc1)N(Cc1ccc(C)cc1)C(=O)Cc1c(F)cccc1Cl. The summed E-state index contributed by atoms with van der Waals surface area (Å²) in [6.45, 7) is 6.14. The Kier molecular flexibility index (Phi) is 9.44. The zero-order valence-electron chi connectivity index (χ0n) is 20.4. The zero-order chi connectivity index (χ0) is 25.4. The molecule has 0 aromatic heterocycles. The summed E-state index contributed by atoms with van der Waals surface area (Å²) in [7, 11) is 0. The Hall–Kier alpha value is -3.18. The molecule has 0 aliphatic rings. The number of aryl methyl sites for hydroxylation is 1. The van der Waals surface area contributed by atoms with Crippen molar-refractivity contribution in [2.45, 2.75) is 58.7 Å². The normalized spacial score (nSPS) is 12.6. The molecule has 3 aromatic carbocycles. The molecule has 6 heteroatoms. The zero-order valence-corrected chi connectivity index (χ0v) is 21.2. The summed E-state index contributed by atoms with van der Waals surface area (Å²) >= 11 is 6.23. The Morgan fingerprint density at radius 1 is 0.971 bits per heavy atom. The predicted octanol–water partition coefficient (Wildman–Crippen LogP) is 5.88. The van der Waals surface area contributed by atoms with Gasteiger partial charge < -0.3 is 10.2 Å². The Bertz CT molecular complexity index is 1110. The van der Waals surface area contributed by atoms with Crippen LogP contribution in [0.2, 0.25) is 5.02 Å². The van der Waals surface area contributed by atoms with Gasteiger partial charge in [-0.25, -0.2) is 4.39 Å². The van der Waals surface area contributed by atoms with Crippen molar-refractivity contribution >= 4 is 23.4 Å². The average molecular weight is 495 g/mol. The number of hydrogen-bond donors (Lipinski definition) is 1. The van der Waals surface area contributed by atoms with E-state index in [1.807, 2.05) is 75.4 Å². The molecule has 0 unspecified atom stereocenters. The minimum atomic E-state index is -0.772. The number of hydrogen-bond acceptors (Lipinski definition) is 2. The molecule has 0 saturated carbocycles. The van der Waals surface area contributed by atoms with Crippen molar-refractivity contribution in [2.24, 2.45) is 0 Å². The molecule has 0 fully saturated rings. The number of amides is 2. The maximum atomic E-state index is 14.5. The second kappa shape index (κ2) is 12.5. The number of halogens is 2. The lowest BCUT2D eigenvalue weighted by molar-refractivity contribution is -0.141.